The van der Waals surface area contributed by atoms with Crippen LogP contribution in [0.3, 0.4) is 0 Å². The van der Waals surface area contributed by atoms with Crippen LogP contribution >= 0.6 is 0 Å². The van der Waals surface area contributed by atoms with Crippen molar-refractivity contribution in [1.29, 1.82) is 0 Å². The van der Waals surface area contributed by atoms with E-state index in [-0.39, 0.29) is 18.2 Å². The van der Waals surface area contributed by atoms with Crippen molar-refractivity contribution in [3.8, 4) is 11.5 Å². The second-order valence-corrected chi connectivity index (χ2v) is 5.80. The van der Waals surface area contributed by atoms with E-state index in [1.165, 1.54) is 0 Å². The van der Waals surface area contributed by atoms with Crippen molar-refractivity contribution in [1.82, 2.24) is 5.32 Å². The molecule has 1 amide bonds. The van der Waals surface area contributed by atoms with E-state index in [4.69, 9.17) is 9.47 Å². The number of amides is 1. The second kappa shape index (κ2) is 9.80. The Bertz CT molecular complexity index is 558. The monoisotopic (exact) mass is 337 g/mol. The summed E-state index contributed by atoms with van der Waals surface area (Å²) in [6, 6.07) is 4.73. The summed E-state index contributed by atoms with van der Waals surface area (Å²) in [4.78, 5) is 23.2. The standard InChI is InChI=1S/C18H27NO5/c1-5-12(2)17(18(21)22)19-16(20)8-6-7-13-9-10-14(23-3)11-15(13)24-4/h9-12,17H,5-8H2,1-4H3,(H,19,20)(H,21,22)/t12-,17-/m0/s1. The van der Waals surface area contributed by atoms with Crippen molar-refractivity contribution in [2.24, 2.45) is 5.92 Å². The molecule has 0 radical (unpaired) electrons. The van der Waals surface area contributed by atoms with E-state index in [1.54, 1.807) is 20.3 Å². The molecular weight excluding hydrogens is 310 g/mol. The van der Waals surface area contributed by atoms with E-state index in [0.29, 0.717) is 25.0 Å². The highest BCUT2D eigenvalue weighted by atomic mass is 16.5. The Morgan fingerprint density at radius 1 is 1.25 bits per heavy atom. The number of aryl methyl sites for hydroxylation is 1. The lowest BCUT2D eigenvalue weighted by atomic mass is 9.99. The number of nitrogens with one attached hydrogen (secondary N) is 1. The number of rotatable bonds is 10. The molecule has 0 bridgehead atoms. The normalized spacial score (nSPS) is 13.0. The second-order valence-electron chi connectivity index (χ2n) is 5.80. The van der Waals surface area contributed by atoms with Crippen LogP contribution in [0.4, 0.5) is 0 Å². The topological polar surface area (TPSA) is 84.9 Å². The van der Waals surface area contributed by atoms with Crippen LogP contribution in [0.2, 0.25) is 0 Å². The summed E-state index contributed by atoms with van der Waals surface area (Å²) >= 11 is 0. The summed E-state index contributed by atoms with van der Waals surface area (Å²) in [5.41, 5.74) is 0.989. The van der Waals surface area contributed by atoms with Gasteiger partial charge in [0.2, 0.25) is 5.91 Å². The molecule has 0 saturated carbocycles. The summed E-state index contributed by atoms with van der Waals surface area (Å²) in [5.74, 6) is 0.0989. The number of carboxylic acids is 1. The van der Waals surface area contributed by atoms with Crippen LogP contribution in [0.1, 0.15) is 38.7 Å². The molecule has 1 rings (SSSR count). The number of ether oxygens (including phenoxy) is 2. The van der Waals surface area contributed by atoms with Crippen molar-refractivity contribution in [2.45, 2.75) is 45.6 Å². The van der Waals surface area contributed by atoms with Crippen molar-refractivity contribution >= 4 is 11.9 Å². The first kappa shape index (κ1) is 19.8. The van der Waals surface area contributed by atoms with Crippen LogP contribution in [0, 0.1) is 5.92 Å². The van der Waals surface area contributed by atoms with Crippen LogP contribution < -0.4 is 14.8 Å². The quantitative estimate of drug-likeness (QED) is 0.685. The summed E-state index contributed by atoms with van der Waals surface area (Å²) in [7, 11) is 3.18. The summed E-state index contributed by atoms with van der Waals surface area (Å²) < 4.78 is 10.5. The van der Waals surface area contributed by atoms with Crippen molar-refractivity contribution < 1.29 is 24.2 Å². The first-order chi connectivity index (χ1) is 11.4. The summed E-state index contributed by atoms with van der Waals surface area (Å²) in [6.07, 6.45) is 2.25. The minimum atomic E-state index is -0.991. The molecule has 0 aromatic heterocycles. The van der Waals surface area contributed by atoms with Gasteiger partial charge in [0.25, 0.3) is 0 Å². The Kier molecular flexibility index (Phi) is 8.09. The minimum absolute atomic E-state index is 0.104. The summed E-state index contributed by atoms with van der Waals surface area (Å²) in [6.45, 7) is 3.73. The molecule has 0 spiro atoms. The van der Waals surface area contributed by atoms with Gasteiger partial charge >= 0.3 is 5.97 Å². The lowest BCUT2D eigenvalue weighted by Gasteiger charge is -2.20. The first-order valence-corrected chi connectivity index (χ1v) is 8.16. The molecule has 1 aromatic carbocycles. The molecule has 6 heteroatoms. The predicted molar refractivity (Wildman–Crippen MR) is 91.5 cm³/mol. The Morgan fingerprint density at radius 2 is 1.96 bits per heavy atom. The Labute approximate surface area is 143 Å². The van der Waals surface area contributed by atoms with Crippen LogP contribution in [-0.2, 0) is 16.0 Å². The highest BCUT2D eigenvalue weighted by Gasteiger charge is 2.24. The van der Waals surface area contributed by atoms with Crippen LogP contribution in [0.15, 0.2) is 18.2 Å². The number of carboxylic acid groups (broad SMARTS) is 1. The third-order valence-corrected chi connectivity index (χ3v) is 4.14. The molecule has 1 aromatic rings. The van der Waals surface area contributed by atoms with E-state index < -0.39 is 12.0 Å². The Morgan fingerprint density at radius 3 is 2.50 bits per heavy atom. The molecule has 0 unspecified atom stereocenters. The van der Waals surface area contributed by atoms with Crippen LogP contribution in [0.5, 0.6) is 11.5 Å². The fourth-order valence-electron chi connectivity index (χ4n) is 2.43. The van der Waals surface area contributed by atoms with E-state index >= 15 is 0 Å². The van der Waals surface area contributed by atoms with E-state index in [0.717, 1.165) is 11.3 Å². The highest BCUT2D eigenvalue weighted by Crippen LogP contribution is 2.25. The fraction of sp³-hybridized carbons (Fsp3) is 0.556. The van der Waals surface area contributed by atoms with Gasteiger partial charge in [-0.05, 0) is 30.4 Å². The SMILES string of the molecule is CC[C@H](C)[C@H](NC(=O)CCCc1ccc(OC)cc1OC)C(=O)O. The zero-order valence-corrected chi connectivity index (χ0v) is 14.8. The van der Waals surface area contributed by atoms with Gasteiger partial charge in [0.05, 0.1) is 14.2 Å². The molecule has 2 N–H and O–H groups in total. The first-order valence-electron chi connectivity index (χ1n) is 8.16. The van der Waals surface area contributed by atoms with Gasteiger partial charge in [0, 0.05) is 12.5 Å². The van der Waals surface area contributed by atoms with E-state index in [2.05, 4.69) is 5.32 Å². The van der Waals surface area contributed by atoms with Gasteiger partial charge in [0.1, 0.15) is 17.5 Å². The largest absolute Gasteiger partial charge is 0.497 e. The van der Waals surface area contributed by atoms with Gasteiger partial charge < -0.3 is 19.9 Å². The average molecular weight is 337 g/mol. The maximum absolute atomic E-state index is 12.0. The van der Waals surface area contributed by atoms with E-state index in [1.807, 2.05) is 26.0 Å². The molecule has 0 aliphatic carbocycles. The van der Waals surface area contributed by atoms with Gasteiger partial charge in [-0.25, -0.2) is 4.79 Å². The third kappa shape index (κ3) is 5.76. The Hall–Kier alpha value is -2.24. The maximum Gasteiger partial charge on any atom is 0.326 e. The molecular formula is C18H27NO5. The molecule has 134 valence electrons. The van der Waals surface area contributed by atoms with Gasteiger partial charge in [-0.1, -0.05) is 26.3 Å². The molecule has 0 fully saturated rings. The van der Waals surface area contributed by atoms with E-state index in [9.17, 15) is 14.7 Å². The Balaban J connectivity index is 2.55. The zero-order chi connectivity index (χ0) is 18.1. The van der Waals surface area contributed by atoms with Gasteiger partial charge in [0.15, 0.2) is 0 Å². The zero-order valence-electron chi connectivity index (χ0n) is 14.8. The molecule has 2 atom stereocenters. The number of methoxy groups -OCH3 is 2. The molecule has 6 nitrogen and oxygen atoms in total. The minimum Gasteiger partial charge on any atom is -0.497 e. The smallest absolute Gasteiger partial charge is 0.326 e. The molecule has 24 heavy (non-hydrogen) atoms. The summed E-state index contributed by atoms with van der Waals surface area (Å²) in [5, 5.41) is 11.8. The number of aliphatic carboxylic acids is 1. The third-order valence-electron chi connectivity index (χ3n) is 4.14. The fourth-order valence-corrected chi connectivity index (χ4v) is 2.43. The van der Waals surface area contributed by atoms with Crippen molar-refractivity contribution in [2.75, 3.05) is 14.2 Å². The van der Waals surface area contributed by atoms with Gasteiger partial charge in [-0.3, -0.25) is 4.79 Å². The number of carbonyl (C=O) groups excluding carboxylic acids is 1. The molecule has 0 aliphatic rings. The number of hydrogen-bond donors (Lipinski definition) is 2. The molecule has 0 saturated heterocycles. The molecule has 0 heterocycles. The van der Waals surface area contributed by atoms with Crippen LogP contribution in [-0.4, -0.2) is 37.2 Å². The number of carbonyl (C=O) groups is 2. The van der Waals surface area contributed by atoms with Crippen LogP contribution in [0.25, 0.3) is 0 Å². The van der Waals surface area contributed by atoms with Gasteiger partial charge in [-0.2, -0.15) is 0 Å². The number of benzene rings is 1. The van der Waals surface area contributed by atoms with Crippen molar-refractivity contribution in [3.63, 3.8) is 0 Å². The average Bonchev–Trinajstić information content (AvgIpc) is 2.58. The van der Waals surface area contributed by atoms with Gasteiger partial charge in [-0.15, -0.1) is 0 Å². The lowest BCUT2D eigenvalue weighted by Crippen LogP contribution is -2.44. The predicted octanol–water partition coefficient (Wildman–Crippen LogP) is 2.64. The van der Waals surface area contributed by atoms with Crippen molar-refractivity contribution in [3.05, 3.63) is 23.8 Å². The number of hydrogen-bond acceptors (Lipinski definition) is 4. The molecule has 0 aliphatic heterocycles. The maximum atomic E-state index is 12.0. The highest BCUT2D eigenvalue weighted by molar-refractivity contribution is 5.83. The lowest BCUT2D eigenvalue weighted by molar-refractivity contribution is -0.143.